The Morgan fingerprint density at radius 1 is 1.15 bits per heavy atom. The number of hydrogen-bond acceptors (Lipinski definition) is 4. The normalized spacial score (nSPS) is 12.8. The number of pyridine rings is 1. The van der Waals surface area contributed by atoms with Crippen LogP contribution in [0.4, 0.5) is 0 Å². The first-order chi connectivity index (χ1) is 9.72. The topological polar surface area (TPSA) is 45.6 Å². The molecule has 0 aliphatic carbocycles. The SMILES string of the molecule is CCN(CC)C[C@H](O)COc1ccc2ccccc2n1. The average Bonchev–Trinajstić information content (AvgIpc) is 2.50. The fraction of sp³-hybridized carbons (Fsp3) is 0.438. The maximum atomic E-state index is 9.96. The summed E-state index contributed by atoms with van der Waals surface area (Å²) < 4.78 is 5.58. The first kappa shape index (κ1) is 14.8. The largest absolute Gasteiger partial charge is 0.475 e. The van der Waals surface area contributed by atoms with E-state index in [9.17, 15) is 5.11 Å². The van der Waals surface area contributed by atoms with Gasteiger partial charge in [0, 0.05) is 18.0 Å². The molecule has 20 heavy (non-hydrogen) atoms. The molecule has 4 heteroatoms. The number of hydrogen-bond donors (Lipinski definition) is 1. The highest BCUT2D eigenvalue weighted by Crippen LogP contribution is 2.16. The summed E-state index contributed by atoms with van der Waals surface area (Å²) in [4.78, 5) is 6.59. The lowest BCUT2D eigenvalue weighted by molar-refractivity contribution is 0.0700. The quantitative estimate of drug-likeness (QED) is 0.841. The Morgan fingerprint density at radius 2 is 1.90 bits per heavy atom. The van der Waals surface area contributed by atoms with E-state index < -0.39 is 6.10 Å². The minimum Gasteiger partial charge on any atom is -0.475 e. The average molecular weight is 274 g/mol. The van der Waals surface area contributed by atoms with E-state index in [1.165, 1.54) is 0 Å². The molecule has 108 valence electrons. The minimum absolute atomic E-state index is 0.266. The molecule has 0 aliphatic heterocycles. The van der Waals surface area contributed by atoms with Gasteiger partial charge in [0.1, 0.15) is 12.7 Å². The van der Waals surface area contributed by atoms with Crippen molar-refractivity contribution in [1.82, 2.24) is 9.88 Å². The van der Waals surface area contributed by atoms with Gasteiger partial charge >= 0.3 is 0 Å². The molecule has 2 rings (SSSR count). The molecule has 0 radical (unpaired) electrons. The summed E-state index contributed by atoms with van der Waals surface area (Å²) in [6, 6.07) is 11.7. The Balaban J connectivity index is 1.92. The third-order valence-electron chi connectivity index (χ3n) is 3.36. The first-order valence-corrected chi connectivity index (χ1v) is 7.12. The molecule has 0 fully saturated rings. The Labute approximate surface area is 120 Å². The third kappa shape index (κ3) is 3.92. The first-order valence-electron chi connectivity index (χ1n) is 7.12. The number of ether oxygens (including phenoxy) is 1. The fourth-order valence-electron chi connectivity index (χ4n) is 2.14. The monoisotopic (exact) mass is 274 g/mol. The van der Waals surface area contributed by atoms with Gasteiger partial charge in [-0.3, -0.25) is 0 Å². The standard InChI is InChI=1S/C16H22N2O2/c1-3-18(4-2)11-14(19)12-20-16-10-9-13-7-5-6-8-15(13)17-16/h5-10,14,19H,3-4,11-12H2,1-2H3/t14-/m0/s1. The lowest BCUT2D eigenvalue weighted by atomic mass is 10.2. The lowest BCUT2D eigenvalue weighted by Crippen LogP contribution is -2.35. The lowest BCUT2D eigenvalue weighted by Gasteiger charge is -2.21. The molecule has 0 saturated heterocycles. The maximum Gasteiger partial charge on any atom is 0.213 e. The zero-order chi connectivity index (χ0) is 14.4. The number of fused-ring (bicyclic) bond motifs is 1. The highest BCUT2D eigenvalue weighted by Gasteiger charge is 2.10. The van der Waals surface area contributed by atoms with Crippen LogP contribution >= 0.6 is 0 Å². The maximum absolute atomic E-state index is 9.96. The van der Waals surface area contributed by atoms with Crippen molar-refractivity contribution in [3.63, 3.8) is 0 Å². The molecule has 4 nitrogen and oxygen atoms in total. The molecule has 1 N–H and O–H groups in total. The molecule has 1 heterocycles. The number of nitrogens with zero attached hydrogens (tertiary/aromatic N) is 2. The molecule has 0 saturated carbocycles. The Hall–Kier alpha value is -1.65. The van der Waals surface area contributed by atoms with Crippen molar-refractivity contribution < 1.29 is 9.84 Å². The number of rotatable bonds is 7. The van der Waals surface area contributed by atoms with E-state index in [4.69, 9.17) is 4.74 Å². The summed E-state index contributed by atoms with van der Waals surface area (Å²) in [7, 11) is 0. The van der Waals surface area contributed by atoms with Crippen LogP contribution in [0.5, 0.6) is 5.88 Å². The van der Waals surface area contributed by atoms with Crippen molar-refractivity contribution in [2.45, 2.75) is 20.0 Å². The Morgan fingerprint density at radius 3 is 2.65 bits per heavy atom. The highest BCUT2D eigenvalue weighted by atomic mass is 16.5. The molecule has 2 aromatic rings. The van der Waals surface area contributed by atoms with Crippen molar-refractivity contribution in [3.8, 4) is 5.88 Å². The van der Waals surface area contributed by atoms with Gasteiger partial charge in [-0.1, -0.05) is 32.0 Å². The molecule has 1 aromatic heterocycles. The summed E-state index contributed by atoms with van der Waals surface area (Å²) >= 11 is 0. The van der Waals surface area contributed by atoms with Gasteiger partial charge in [0.25, 0.3) is 0 Å². The van der Waals surface area contributed by atoms with Crippen LogP contribution in [0.25, 0.3) is 10.9 Å². The van der Waals surface area contributed by atoms with Gasteiger partial charge in [-0.2, -0.15) is 0 Å². The van der Waals surface area contributed by atoms with Crippen LogP contribution in [-0.4, -0.2) is 47.3 Å². The molecule has 0 amide bonds. The van der Waals surface area contributed by atoms with Crippen LogP contribution in [0.3, 0.4) is 0 Å². The van der Waals surface area contributed by atoms with Crippen LogP contribution in [-0.2, 0) is 0 Å². The molecule has 1 atom stereocenters. The van der Waals surface area contributed by atoms with Gasteiger partial charge in [0.05, 0.1) is 5.52 Å². The summed E-state index contributed by atoms with van der Waals surface area (Å²) in [5.74, 6) is 0.558. The Bertz CT molecular complexity index is 541. The van der Waals surface area contributed by atoms with E-state index in [-0.39, 0.29) is 6.61 Å². The van der Waals surface area contributed by atoms with E-state index >= 15 is 0 Å². The molecule has 0 unspecified atom stereocenters. The van der Waals surface area contributed by atoms with Crippen molar-refractivity contribution in [2.24, 2.45) is 0 Å². The van der Waals surface area contributed by atoms with E-state index in [2.05, 4.69) is 23.7 Å². The molecule has 0 bridgehead atoms. The molecule has 0 aliphatic rings. The molecular weight excluding hydrogens is 252 g/mol. The number of aliphatic hydroxyl groups is 1. The van der Waals surface area contributed by atoms with Crippen LogP contribution in [0.15, 0.2) is 36.4 Å². The highest BCUT2D eigenvalue weighted by molar-refractivity contribution is 5.78. The predicted octanol–water partition coefficient (Wildman–Crippen LogP) is 2.32. The van der Waals surface area contributed by atoms with E-state index in [0.29, 0.717) is 12.4 Å². The summed E-state index contributed by atoms with van der Waals surface area (Å²) in [6.45, 7) is 6.93. The molecular formula is C16H22N2O2. The third-order valence-corrected chi connectivity index (χ3v) is 3.36. The molecule has 0 spiro atoms. The van der Waals surface area contributed by atoms with Gasteiger partial charge < -0.3 is 14.7 Å². The summed E-state index contributed by atoms with van der Waals surface area (Å²) in [5.41, 5.74) is 0.906. The number of aliphatic hydroxyl groups excluding tert-OH is 1. The second kappa shape index (κ2) is 7.22. The van der Waals surface area contributed by atoms with Gasteiger partial charge in [-0.25, -0.2) is 4.98 Å². The van der Waals surface area contributed by atoms with Gasteiger partial charge in [-0.15, -0.1) is 0 Å². The van der Waals surface area contributed by atoms with Crippen LogP contribution < -0.4 is 4.74 Å². The van der Waals surface area contributed by atoms with Crippen molar-refractivity contribution in [3.05, 3.63) is 36.4 Å². The molecule has 1 aromatic carbocycles. The predicted molar refractivity (Wildman–Crippen MR) is 81.0 cm³/mol. The minimum atomic E-state index is -0.497. The van der Waals surface area contributed by atoms with Crippen LogP contribution in [0, 0.1) is 0 Å². The van der Waals surface area contributed by atoms with Crippen LogP contribution in [0.1, 0.15) is 13.8 Å². The van der Waals surface area contributed by atoms with Crippen molar-refractivity contribution in [1.29, 1.82) is 0 Å². The second-order valence-corrected chi connectivity index (χ2v) is 4.79. The number of para-hydroxylation sites is 1. The number of likely N-dealkylation sites (N-methyl/N-ethyl adjacent to an activating group) is 1. The van der Waals surface area contributed by atoms with Gasteiger partial charge in [-0.05, 0) is 25.2 Å². The summed E-state index contributed by atoms with van der Waals surface area (Å²) in [5, 5.41) is 11.0. The van der Waals surface area contributed by atoms with Crippen molar-refractivity contribution in [2.75, 3.05) is 26.2 Å². The number of benzene rings is 1. The van der Waals surface area contributed by atoms with Gasteiger partial charge in [0.2, 0.25) is 5.88 Å². The fourth-order valence-corrected chi connectivity index (χ4v) is 2.14. The van der Waals surface area contributed by atoms with Gasteiger partial charge in [0.15, 0.2) is 0 Å². The second-order valence-electron chi connectivity index (χ2n) is 4.79. The number of aromatic nitrogens is 1. The van der Waals surface area contributed by atoms with E-state index in [1.54, 1.807) is 0 Å². The van der Waals surface area contributed by atoms with E-state index in [0.717, 1.165) is 24.0 Å². The summed E-state index contributed by atoms with van der Waals surface area (Å²) in [6.07, 6.45) is -0.497. The zero-order valence-electron chi connectivity index (χ0n) is 12.1. The zero-order valence-corrected chi connectivity index (χ0v) is 12.1. The van der Waals surface area contributed by atoms with E-state index in [1.807, 2.05) is 36.4 Å². The van der Waals surface area contributed by atoms with Crippen LogP contribution in [0.2, 0.25) is 0 Å². The Kier molecular flexibility index (Phi) is 5.32. The van der Waals surface area contributed by atoms with Crippen molar-refractivity contribution >= 4 is 10.9 Å². The smallest absolute Gasteiger partial charge is 0.213 e.